The first-order valence-electron chi connectivity index (χ1n) is 14.5. The van der Waals surface area contributed by atoms with Crippen LogP contribution in [0.15, 0.2) is 21.8 Å². The van der Waals surface area contributed by atoms with Crippen molar-refractivity contribution in [3.8, 4) is 0 Å². The normalized spacial score (nSPS) is 16.7. The largest absolute Gasteiger partial charge is 0.481 e. The molecule has 0 radical (unpaired) electrons. The third-order valence-corrected chi connectivity index (χ3v) is 8.85. The van der Waals surface area contributed by atoms with Gasteiger partial charge in [0.25, 0.3) is 0 Å². The monoisotopic (exact) mass is 598 g/mol. The zero-order valence-electron chi connectivity index (χ0n) is 25.4. The Hall–Kier alpha value is -4.24. The minimum atomic E-state index is -0.872. The number of thiol groups is 1. The van der Waals surface area contributed by atoms with Crippen LogP contribution in [0.4, 0.5) is 0 Å². The van der Waals surface area contributed by atoms with Crippen molar-refractivity contribution in [2.24, 2.45) is 4.99 Å². The van der Waals surface area contributed by atoms with Crippen LogP contribution in [0.1, 0.15) is 90.2 Å². The molecule has 3 aromatic heterocycles. The van der Waals surface area contributed by atoms with Gasteiger partial charge >= 0.3 is 11.9 Å². The lowest BCUT2D eigenvalue weighted by Crippen LogP contribution is -2.23. The minimum absolute atomic E-state index is 0.0119. The van der Waals surface area contributed by atoms with E-state index >= 15 is 0 Å². The van der Waals surface area contributed by atoms with Gasteiger partial charge in [-0.05, 0) is 123 Å². The highest BCUT2D eigenvalue weighted by atomic mass is 32.1. The van der Waals surface area contributed by atoms with Crippen molar-refractivity contribution in [3.63, 3.8) is 0 Å². The summed E-state index contributed by atoms with van der Waals surface area (Å²) in [6, 6.07) is 0. The second-order valence-corrected chi connectivity index (χ2v) is 12.1. The molecule has 5 heterocycles. The number of aliphatic carboxylic acids is 2. The number of fused-ring (bicyclic) bond motifs is 7. The zero-order chi connectivity index (χ0) is 31.2. The van der Waals surface area contributed by atoms with Crippen molar-refractivity contribution in [1.82, 2.24) is 15.0 Å². The third-order valence-electron chi connectivity index (χ3n) is 8.60. The molecule has 3 aromatic rings. The van der Waals surface area contributed by atoms with Crippen molar-refractivity contribution < 1.29 is 19.8 Å². The first-order chi connectivity index (χ1) is 20.4. The fourth-order valence-corrected chi connectivity index (χ4v) is 6.56. The first kappa shape index (κ1) is 30.2. The van der Waals surface area contributed by atoms with E-state index < -0.39 is 11.9 Å². The van der Waals surface area contributed by atoms with Gasteiger partial charge in [-0.1, -0.05) is 6.08 Å². The van der Waals surface area contributed by atoms with E-state index in [1.165, 1.54) is 0 Å². The maximum absolute atomic E-state index is 11.6. The van der Waals surface area contributed by atoms with E-state index in [2.05, 4.69) is 54.0 Å². The van der Waals surface area contributed by atoms with Crippen molar-refractivity contribution in [2.75, 3.05) is 0 Å². The number of nitrogens with zero attached hydrogens (tertiary/aromatic N) is 1. The van der Waals surface area contributed by atoms with Crippen LogP contribution < -0.4 is 21.3 Å². The molecule has 0 aromatic carbocycles. The van der Waals surface area contributed by atoms with Crippen LogP contribution >= 0.6 is 12.6 Å². The van der Waals surface area contributed by atoms with Gasteiger partial charge in [-0.2, -0.15) is 12.6 Å². The average molecular weight is 599 g/mol. The number of aromatic nitrogens is 3. The molecule has 5 N–H and O–H groups in total. The van der Waals surface area contributed by atoms with Gasteiger partial charge in [0.1, 0.15) is 0 Å². The smallest absolute Gasteiger partial charge is 0.303 e. The van der Waals surface area contributed by atoms with E-state index in [1.807, 2.05) is 32.9 Å². The highest BCUT2D eigenvalue weighted by molar-refractivity contribution is 7.80. The van der Waals surface area contributed by atoms with Crippen LogP contribution in [-0.4, -0.2) is 42.8 Å². The minimum Gasteiger partial charge on any atom is -0.481 e. The molecule has 0 fully saturated rings. The lowest BCUT2D eigenvalue weighted by Gasteiger charge is -2.05. The topological polar surface area (TPSA) is 134 Å². The molecule has 0 aliphatic carbocycles. The molecular weight excluding hydrogens is 560 g/mol. The van der Waals surface area contributed by atoms with Crippen LogP contribution in [0, 0.1) is 20.8 Å². The number of aliphatic imine (C=N–C) groups is 1. The maximum atomic E-state index is 11.6. The molecule has 0 amide bonds. The molecule has 0 saturated carbocycles. The summed E-state index contributed by atoms with van der Waals surface area (Å²) in [5, 5.41) is 22.7. The summed E-state index contributed by atoms with van der Waals surface area (Å²) < 4.78 is 0. The molecule has 8 bridgehead atoms. The van der Waals surface area contributed by atoms with Gasteiger partial charge in [-0.25, -0.2) is 4.99 Å². The van der Waals surface area contributed by atoms with Gasteiger partial charge in [-0.3, -0.25) is 9.59 Å². The van der Waals surface area contributed by atoms with E-state index in [-0.39, 0.29) is 18.1 Å². The van der Waals surface area contributed by atoms with Crippen molar-refractivity contribution in [1.29, 1.82) is 0 Å². The summed E-state index contributed by atoms with van der Waals surface area (Å²) in [5.74, 6) is -1.74. The Kier molecular flexibility index (Phi) is 8.29. The Balaban J connectivity index is 1.90. The zero-order valence-corrected chi connectivity index (χ0v) is 26.3. The summed E-state index contributed by atoms with van der Waals surface area (Å²) in [6.45, 7) is 12.2. The van der Waals surface area contributed by atoms with E-state index in [1.54, 1.807) is 0 Å². The summed E-state index contributed by atoms with van der Waals surface area (Å²) in [5.41, 5.74) is 11.3. The van der Waals surface area contributed by atoms with Crippen molar-refractivity contribution in [2.45, 2.75) is 72.5 Å². The molecule has 2 aliphatic rings. The second-order valence-electron chi connectivity index (χ2n) is 11.4. The van der Waals surface area contributed by atoms with Crippen LogP contribution in [0.2, 0.25) is 0 Å². The Morgan fingerprint density at radius 2 is 1.49 bits per heavy atom. The molecule has 9 heteroatoms. The fourth-order valence-electron chi connectivity index (χ4n) is 6.23. The number of carboxylic acid groups (broad SMARTS) is 2. The van der Waals surface area contributed by atoms with Crippen LogP contribution in [-0.2, 0) is 16.0 Å². The van der Waals surface area contributed by atoms with Crippen LogP contribution in [0.5, 0.6) is 0 Å². The summed E-state index contributed by atoms with van der Waals surface area (Å²) in [6.07, 6.45) is 10.9. The van der Waals surface area contributed by atoms with E-state index in [0.717, 1.165) is 83.0 Å². The number of carboxylic acids is 2. The molecule has 0 saturated heterocycles. The quantitative estimate of drug-likeness (QED) is 0.231. The Bertz CT molecular complexity index is 2010. The molecular formula is C34H38N4O4S. The van der Waals surface area contributed by atoms with Gasteiger partial charge in [0.05, 0.1) is 11.4 Å². The Morgan fingerprint density at radius 3 is 2.14 bits per heavy atom. The average Bonchev–Trinajstić information content (AvgIpc) is 3.59. The Morgan fingerprint density at radius 1 is 0.837 bits per heavy atom. The van der Waals surface area contributed by atoms with Crippen molar-refractivity contribution in [3.05, 3.63) is 83.0 Å². The molecule has 1 atom stereocenters. The number of carbonyl (C=O) groups is 2. The van der Waals surface area contributed by atoms with E-state index in [0.29, 0.717) is 18.6 Å². The lowest BCUT2D eigenvalue weighted by atomic mass is 9.99. The molecule has 0 unspecified atom stereocenters. The molecule has 0 spiro atoms. The van der Waals surface area contributed by atoms with Crippen LogP contribution in [0.25, 0.3) is 30.4 Å². The number of rotatable bonds is 7. The standard InChI is InChI=1S/C34H38N4O4S/c1-7-21-16(2)24-12-25-17(3)22(8-10-32(39)40)29(36-25)15-30-23(9-11-33(41)42)18(4)26(37-30)14-31-34(20(6)43)19(5)27(38-31)13-28(21)35-24/h7,12-15,20,35,37-38,43H,8-11H2,1-6H3,(H,39,40)(H,41,42)/b21-7-,25-12-,26-14?,28-13?,30-15?/t20-/m0/s1. The van der Waals surface area contributed by atoms with Gasteiger partial charge in [0, 0.05) is 51.2 Å². The van der Waals surface area contributed by atoms with Gasteiger partial charge in [0.15, 0.2) is 0 Å². The highest BCUT2D eigenvalue weighted by Crippen LogP contribution is 2.31. The van der Waals surface area contributed by atoms with E-state index in [9.17, 15) is 19.8 Å². The van der Waals surface area contributed by atoms with Crippen LogP contribution in [0.3, 0.4) is 0 Å². The fraction of sp³-hybridized carbons (Fsp3) is 0.324. The first-order valence-corrected chi connectivity index (χ1v) is 15.0. The number of nitrogens with one attached hydrogen (secondary N) is 3. The summed E-state index contributed by atoms with van der Waals surface area (Å²) in [4.78, 5) is 38.9. The number of aromatic amines is 3. The second kappa shape index (κ2) is 11.8. The molecule has 224 valence electrons. The third kappa shape index (κ3) is 5.73. The molecule has 8 nitrogen and oxygen atoms in total. The lowest BCUT2D eigenvalue weighted by molar-refractivity contribution is -0.137. The molecule has 2 aliphatic heterocycles. The Labute approximate surface area is 255 Å². The number of allylic oxidation sites excluding steroid dienone is 2. The van der Waals surface area contributed by atoms with Gasteiger partial charge in [-0.15, -0.1) is 0 Å². The predicted molar refractivity (Wildman–Crippen MR) is 175 cm³/mol. The maximum Gasteiger partial charge on any atom is 0.303 e. The number of hydrogen-bond donors (Lipinski definition) is 6. The molecule has 5 rings (SSSR count). The van der Waals surface area contributed by atoms with Crippen molar-refractivity contribution >= 4 is 60.7 Å². The van der Waals surface area contributed by atoms with Gasteiger partial charge in [0.2, 0.25) is 0 Å². The highest BCUT2D eigenvalue weighted by Gasteiger charge is 2.22. The van der Waals surface area contributed by atoms with Gasteiger partial charge < -0.3 is 25.2 Å². The predicted octanol–water partition coefficient (Wildman–Crippen LogP) is 3.83. The summed E-state index contributed by atoms with van der Waals surface area (Å²) in [7, 11) is 0. The molecule has 43 heavy (non-hydrogen) atoms. The number of hydrogen-bond acceptors (Lipinski definition) is 4. The SMILES string of the molecule is C/C=c1/c(C)c2[nH]c1=Cc1[nH]c(c([C@H](C)S)c1C)C=c1[nH]c(c(CCC(=O)O)c1C)=CC1=N/C(=C\2)C(C)=C1CCC(=O)O. The summed E-state index contributed by atoms with van der Waals surface area (Å²) >= 11 is 4.82. The van der Waals surface area contributed by atoms with E-state index in [4.69, 9.17) is 17.6 Å². The number of H-pyrrole nitrogens is 3.